The van der Waals surface area contributed by atoms with E-state index in [1.54, 1.807) is 19.3 Å². The zero-order valence-corrected chi connectivity index (χ0v) is 8.82. The third-order valence-electron chi connectivity index (χ3n) is 2.79. The summed E-state index contributed by atoms with van der Waals surface area (Å²) in [6.07, 6.45) is 3.38. The maximum absolute atomic E-state index is 11.5. The first kappa shape index (κ1) is 9.09. The maximum atomic E-state index is 11.5. The fraction of sp³-hybridized carbons (Fsp3) is 0.0769. The van der Waals surface area contributed by atoms with Crippen LogP contribution in [0.5, 0.6) is 0 Å². The number of rotatable bonds is 1. The van der Waals surface area contributed by atoms with Crippen LogP contribution < -0.4 is 0 Å². The van der Waals surface area contributed by atoms with Crippen molar-refractivity contribution in [3.8, 4) is 0 Å². The van der Waals surface area contributed by atoms with Gasteiger partial charge in [-0.1, -0.05) is 18.2 Å². The first-order valence-electron chi connectivity index (χ1n) is 5.13. The highest BCUT2D eigenvalue weighted by Gasteiger charge is 2.11. The molecule has 3 heteroatoms. The molecule has 0 aliphatic heterocycles. The predicted molar refractivity (Wildman–Crippen MR) is 63.6 cm³/mol. The Kier molecular flexibility index (Phi) is 1.80. The summed E-state index contributed by atoms with van der Waals surface area (Å²) in [5.74, 6) is 0.0443. The van der Waals surface area contributed by atoms with Gasteiger partial charge in [-0.05, 0) is 13.0 Å². The van der Waals surface area contributed by atoms with Gasteiger partial charge in [0.2, 0.25) is 0 Å². The average molecular weight is 210 g/mol. The van der Waals surface area contributed by atoms with Gasteiger partial charge in [-0.15, -0.1) is 0 Å². The summed E-state index contributed by atoms with van der Waals surface area (Å²) in [5, 5.41) is 2.04. The van der Waals surface area contributed by atoms with Gasteiger partial charge in [0.25, 0.3) is 0 Å². The van der Waals surface area contributed by atoms with E-state index >= 15 is 0 Å². The lowest BCUT2D eigenvalue weighted by Gasteiger charge is -1.97. The minimum absolute atomic E-state index is 0.0443. The number of nitrogens with one attached hydrogen (secondary N) is 1. The van der Waals surface area contributed by atoms with Crippen LogP contribution in [0.3, 0.4) is 0 Å². The normalized spacial score (nSPS) is 11.1. The van der Waals surface area contributed by atoms with Crippen LogP contribution in [0.2, 0.25) is 0 Å². The van der Waals surface area contributed by atoms with E-state index in [-0.39, 0.29) is 5.78 Å². The summed E-state index contributed by atoms with van der Waals surface area (Å²) in [6, 6.07) is 7.96. The van der Waals surface area contributed by atoms with Crippen molar-refractivity contribution >= 4 is 27.6 Å². The molecule has 3 nitrogen and oxygen atoms in total. The van der Waals surface area contributed by atoms with Gasteiger partial charge in [0.1, 0.15) is 0 Å². The fourth-order valence-corrected chi connectivity index (χ4v) is 2.07. The lowest BCUT2D eigenvalue weighted by molar-refractivity contribution is 0.101. The summed E-state index contributed by atoms with van der Waals surface area (Å²) < 4.78 is 0. The monoisotopic (exact) mass is 210 g/mol. The number of hydrogen-bond acceptors (Lipinski definition) is 2. The van der Waals surface area contributed by atoms with Gasteiger partial charge >= 0.3 is 0 Å². The van der Waals surface area contributed by atoms with E-state index in [4.69, 9.17) is 0 Å². The summed E-state index contributed by atoms with van der Waals surface area (Å²) in [6.45, 7) is 1.57. The second-order valence-corrected chi connectivity index (χ2v) is 3.84. The minimum Gasteiger partial charge on any atom is -0.353 e. The Balaban J connectivity index is 2.57. The van der Waals surface area contributed by atoms with Crippen LogP contribution >= 0.6 is 0 Å². The number of aromatic nitrogens is 2. The molecule has 0 bridgehead atoms. The Labute approximate surface area is 92.1 Å². The third kappa shape index (κ3) is 1.15. The summed E-state index contributed by atoms with van der Waals surface area (Å²) in [4.78, 5) is 18.9. The van der Waals surface area contributed by atoms with Crippen LogP contribution in [0.15, 0.2) is 36.7 Å². The molecule has 0 unspecified atom stereocenters. The van der Waals surface area contributed by atoms with E-state index in [0.717, 1.165) is 21.8 Å². The number of para-hydroxylation sites is 1. The topological polar surface area (TPSA) is 45.8 Å². The number of benzene rings is 1. The number of H-pyrrole nitrogens is 1. The van der Waals surface area contributed by atoms with Gasteiger partial charge in [0.05, 0.1) is 11.7 Å². The molecule has 3 rings (SSSR count). The number of Topliss-reactive ketones (excluding diaryl/α,β-unsaturated/α-hetero) is 1. The second kappa shape index (κ2) is 3.17. The van der Waals surface area contributed by atoms with Crippen molar-refractivity contribution in [2.45, 2.75) is 6.92 Å². The van der Waals surface area contributed by atoms with Gasteiger partial charge in [0.15, 0.2) is 5.78 Å². The molecule has 2 heterocycles. The molecule has 0 atom stereocenters. The Morgan fingerprint density at radius 2 is 2.00 bits per heavy atom. The van der Waals surface area contributed by atoms with Crippen molar-refractivity contribution in [1.82, 2.24) is 9.97 Å². The van der Waals surface area contributed by atoms with Crippen LogP contribution in [0.1, 0.15) is 17.3 Å². The first-order chi connectivity index (χ1) is 7.77. The summed E-state index contributed by atoms with van der Waals surface area (Å²) in [7, 11) is 0. The molecule has 78 valence electrons. The molecule has 0 aliphatic carbocycles. The third-order valence-corrected chi connectivity index (χ3v) is 2.79. The molecule has 1 N–H and O–H groups in total. The number of ketones is 1. The van der Waals surface area contributed by atoms with Gasteiger partial charge in [-0.3, -0.25) is 9.78 Å². The Morgan fingerprint density at radius 1 is 1.19 bits per heavy atom. The molecule has 16 heavy (non-hydrogen) atoms. The van der Waals surface area contributed by atoms with Crippen LogP contribution in [-0.2, 0) is 0 Å². The number of aromatic amines is 1. The van der Waals surface area contributed by atoms with E-state index in [0.29, 0.717) is 5.56 Å². The summed E-state index contributed by atoms with van der Waals surface area (Å²) >= 11 is 0. The number of pyridine rings is 1. The van der Waals surface area contributed by atoms with Crippen molar-refractivity contribution < 1.29 is 4.79 Å². The van der Waals surface area contributed by atoms with Gasteiger partial charge in [-0.25, -0.2) is 0 Å². The van der Waals surface area contributed by atoms with Gasteiger partial charge in [-0.2, -0.15) is 0 Å². The van der Waals surface area contributed by atoms with Crippen molar-refractivity contribution in [3.05, 3.63) is 42.2 Å². The molecule has 1 aromatic carbocycles. The van der Waals surface area contributed by atoms with Crippen molar-refractivity contribution in [1.29, 1.82) is 0 Å². The quantitative estimate of drug-likeness (QED) is 0.627. The average Bonchev–Trinajstić information content (AvgIpc) is 2.66. The van der Waals surface area contributed by atoms with E-state index < -0.39 is 0 Å². The minimum atomic E-state index is 0.0443. The number of carbonyl (C=O) groups is 1. The number of fused-ring (bicyclic) bond motifs is 3. The zero-order chi connectivity index (χ0) is 11.1. The van der Waals surface area contributed by atoms with Crippen molar-refractivity contribution in [3.63, 3.8) is 0 Å². The molecule has 0 amide bonds. The molecular formula is C13H10N2O. The van der Waals surface area contributed by atoms with E-state index in [1.165, 1.54) is 0 Å². The Bertz CT molecular complexity index is 697. The van der Waals surface area contributed by atoms with Crippen LogP contribution in [0.4, 0.5) is 0 Å². The molecule has 3 aromatic rings. The van der Waals surface area contributed by atoms with Crippen molar-refractivity contribution in [2.24, 2.45) is 0 Å². The predicted octanol–water partition coefficient (Wildman–Crippen LogP) is 2.92. The largest absolute Gasteiger partial charge is 0.353 e. The van der Waals surface area contributed by atoms with E-state index in [1.807, 2.05) is 24.3 Å². The Morgan fingerprint density at radius 3 is 2.81 bits per heavy atom. The highest BCUT2D eigenvalue weighted by Crippen LogP contribution is 2.27. The highest BCUT2D eigenvalue weighted by molar-refractivity contribution is 6.17. The second-order valence-electron chi connectivity index (χ2n) is 3.84. The first-order valence-corrected chi connectivity index (χ1v) is 5.13. The van der Waals surface area contributed by atoms with Crippen LogP contribution in [0, 0.1) is 0 Å². The van der Waals surface area contributed by atoms with E-state index in [9.17, 15) is 4.79 Å². The van der Waals surface area contributed by atoms with Crippen molar-refractivity contribution in [2.75, 3.05) is 0 Å². The summed E-state index contributed by atoms with van der Waals surface area (Å²) in [5.41, 5.74) is 2.62. The molecule has 0 saturated heterocycles. The fourth-order valence-electron chi connectivity index (χ4n) is 2.07. The molecule has 0 fully saturated rings. The van der Waals surface area contributed by atoms with Crippen LogP contribution in [0.25, 0.3) is 21.8 Å². The van der Waals surface area contributed by atoms with Gasteiger partial charge in [0, 0.05) is 28.0 Å². The standard InChI is InChI=1S/C13H10N2O/c1-8(16)10-6-14-7-12-13(10)9-4-2-3-5-11(9)15-12/h2-7,15H,1H3. The number of carbonyl (C=O) groups excluding carboxylic acids is 1. The molecule has 0 radical (unpaired) electrons. The highest BCUT2D eigenvalue weighted by atomic mass is 16.1. The Hall–Kier alpha value is -2.16. The zero-order valence-electron chi connectivity index (χ0n) is 8.82. The number of nitrogens with zero attached hydrogens (tertiary/aromatic N) is 1. The lowest BCUT2D eigenvalue weighted by Crippen LogP contribution is -1.93. The molecule has 0 saturated carbocycles. The lowest BCUT2D eigenvalue weighted by atomic mass is 10.1. The molecular weight excluding hydrogens is 200 g/mol. The molecule has 0 spiro atoms. The van der Waals surface area contributed by atoms with Gasteiger partial charge < -0.3 is 4.98 Å². The SMILES string of the molecule is CC(=O)c1cncc2[nH]c3ccccc3c12. The number of hydrogen-bond donors (Lipinski definition) is 1. The maximum Gasteiger partial charge on any atom is 0.162 e. The van der Waals surface area contributed by atoms with Crippen LogP contribution in [-0.4, -0.2) is 15.8 Å². The molecule has 2 aromatic heterocycles. The smallest absolute Gasteiger partial charge is 0.162 e. The van der Waals surface area contributed by atoms with E-state index in [2.05, 4.69) is 9.97 Å². The molecule has 0 aliphatic rings.